The predicted molar refractivity (Wildman–Crippen MR) is 93.4 cm³/mol. The number of carbonyl (C=O) groups excluding carboxylic acids is 2. The Bertz CT molecular complexity index is 684. The Labute approximate surface area is 152 Å². The van der Waals surface area contributed by atoms with Gasteiger partial charge in [-0.15, -0.1) is 0 Å². The summed E-state index contributed by atoms with van der Waals surface area (Å²) in [6, 6.07) is 7.06. The molecule has 0 bridgehead atoms. The van der Waals surface area contributed by atoms with Crippen molar-refractivity contribution in [3.63, 3.8) is 0 Å². The van der Waals surface area contributed by atoms with Crippen molar-refractivity contribution < 1.29 is 24.2 Å². The monoisotopic (exact) mass is 360 g/mol. The Morgan fingerprint density at radius 1 is 1.12 bits per heavy atom. The molecule has 140 valence electrons. The van der Waals surface area contributed by atoms with Gasteiger partial charge in [0.05, 0.1) is 17.9 Å². The molecule has 1 aromatic rings. The number of benzene rings is 1. The lowest BCUT2D eigenvalue weighted by Crippen LogP contribution is -2.43. The molecule has 3 N–H and O–H groups in total. The van der Waals surface area contributed by atoms with Gasteiger partial charge in [0.2, 0.25) is 5.91 Å². The quantitative estimate of drug-likeness (QED) is 0.680. The number of rotatable bonds is 7. The first-order valence-corrected chi connectivity index (χ1v) is 9.04. The maximum atomic E-state index is 12.3. The van der Waals surface area contributed by atoms with Crippen LogP contribution < -0.4 is 10.6 Å². The highest BCUT2D eigenvalue weighted by molar-refractivity contribution is 5.94. The largest absolute Gasteiger partial charge is 0.481 e. The minimum atomic E-state index is -0.915. The van der Waals surface area contributed by atoms with E-state index in [1.165, 1.54) is 0 Å². The molecule has 0 spiro atoms. The number of carboxylic acid groups (broad SMARTS) is 1. The molecule has 1 saturated heterocycles. The van der Waals surface area contributed by atoms with E-state index in [0.717, 1.165) is 25.0 Å². The SMILES string of the molecule is O=C(NCC1CCCO1)c1cccc(CNC(=O)C2CCC2C(=O)O)c1. The van der Waals surface area contributed by atoms with Crippen molar-refractivity contribution in [3.05, 3.63) is 35.4 Å². The lowest BCUT2D eigenvalue weighted by atomic mass is 9.73. The number of amides is 2. The van der Waals surface area contributed by atoms with Crippen LogP contribution in [0.4, 0.5) is 0 Å². The second-order valence-corrected chi connectivity index (χ2v) is 6.89. The molecule has 3 atom stereocenters. The van der Waals surface area contributed by atoms with E-state index in [4.69, 9.17) is 9.84 Å². The van der Waals surface area contributed by atoms with Crippen LogP contribution in [0.3, 0.4) is 0 Å². The molecule has 26 heavy (non-hydrogen) atoms. The molecule has 3 rings (SSSR count). The fraction of sp³-hybridized carbons (Fsp3) is 0.526. The van der Waals surface area contributed by atoms with Crippen LogP contribution in [0.1, 0.15) is 41.6 Å². The van der Waals surface area contributed by atoms with E-state index in [1.54, 1.807) is 18.2 Å². The third kappa shape index (κ3) is 4.40. The molecule has 7 nitrogen and oxygen atoms in total. The molecule has 1 saturated carbocycles. The Morgan fingerprint density at radius 2 is 1.92 bits per heavy atom. The zero-order chi connectivity index (χ0) is 18.5. The average Bonchev–Trinajstić information content (AvgIpc) is 3.10. The summed E-state index contributed by atoms with van der Waals surface area (Å²) in [4.78, 5) is 35.4. The summed E-state index contributed by atoms with van der Waals surface area (Å²) in [5.41, 5.74) is 1.33. The Morgan fingerprint density at radius 3 is 2.58 bits per heavy atom. The third-order valence-corrected chi connectivity index (χ3v) is 5.10. The van der Waals surface area contributed by atoms with Gasteiger partial charge in [-0.2, -0.15) is 0 Å². The van der Waals surface area contributed by atoms with Crippen LogP contribution in [-0.2, 0) is 20.9 Å². The van der Waals surface area contributed by atoms with Gasteiger partial charge < -0.3 is 20.5 Å². The van der Waals surface area contributed by atoms with Crippen LogP contribution in [0.25, 0.3) is 0 Å². The van der Waals surface area contributed by atoms with Crippen molar-refractivity contribution in [3.8, 4) is 0 Å². The third-order valence-electron chi connectivity index (χ3n) is 5.10. The zero-order valence-corrected chi connectivity index (χ0v) is 14.6. The first kappa shape index (κ1) is 18.4. The second kappa shape index (κ2) is 8.31. The molecule has 0 radical (unpaired) electrons. The highest BCUT2D eigenvalue weighted by Gasteiger charge is 2.41. The number of nitrogens with one attached hydrogen (secondary N) is 2. The van der Waals surface area contributed by atoms with Crippen LogP contribution in [0.2, 0.25) is 0 Å². The van der Waals surface area contributed by atoms with E-state index in [9.17, 15) is 14.4 Å². The number of hydrogen-bond acceptors (Lipinski definition) is 4. The van der Waals surface area contributed by atoms with Gasteiger partial charge in [-0.05, 0) is 43.4 Å². The second-order valence-electron chi connectivity index (χ2n) is 6.89. The maximum absolute atomic E-state index is 12.3. The number of carboxylic acids is 1. The van der Waals surface area contributed by atoms with Gasteiger partial charge in [0.25, 0.3) is 5.91 Å². The summed E-state index contributed by atoms with van der Waals surface area (Å²) >= 11 is 0. The van der Waals surface area contributed by atoms with E-state index < -0.39 is 17.8 Å². The van der Waals surface area contributed by atoms with Gasteiger partial charge in [-0.25, -0.2) is 0 Å². The van der Waals surface area contributed by atoms with Gasteiger partial charge >= 0.3 is 5.97 Å². The van der Waals surface area contributed by atoms with Crippen LogP contribution in [0.15, 0.2) is 24.3 Å². The molecule has 7 heteroatoms. The van der Waals surface area contributed by atoms with E-state index in [1.807, 2.05) is 6.07 Å². The number of carbonyl (C=O) groups is 3. The summed E-state index contributed by atoms with van der Waals surface area (Å²) in [6.07, 6.45) is 3.23. The molecule has 0 aromatic heterocycles. The van der Waals surface area contributed by atoms with Gasteiger partial charge in [-0.3, -0.25) is 14.4 Å². The molecule has 2 aliphatic rings. The molecular formula is C19H24N2O5. The van der Waals surface area contributed by atoms with Crippen LogP contribution >= 0.6 is 0 Å². The Balaban J connectivity index is 1.49. The Kier molecular flexibility index (Phi) is 5.88. The summed E-state index contributed by atoms with van der Waals surface area (Å²) in [5, 5.41) is 14.7. The van der Waals surface area contributed by atoms with Gasteiger partial charge in [0, 0.05) is 25.3 Å². The lowest BCUT2D eigenvalue weighted by Gasteiger charge is -2.31. The molecule has 2 fully saturated rings. The van der Waals surface area contributed by atoms with E-state index in [0.29, 0.717) is 24.9 Å². The standard InChI is InChI=1S/C19H24N2O5/c22-17(21-11-14-5-2-8-26-14)13-4-1-3-12(9-13)10-20-18(23)15-6-7-16(15)19(24)25/h1,3-4,9,14-16H,2,5-8,10-11H2,(H,20,23)(H,21,22)(H,24,25). The summed E-state index contributed by atoms with van der Waals surface area (Å²) in [6.45, 7) is 1.52. The molecule has 1 heterocycles. The van der Waals surface area contributed by atoms with E-state index in [-0.39, 0.29) is 24.5 Å². The topological polar surface area (TPSA) is 105 Å². The number of ether oxygens (including phenoxy) is 1. The van der Waals surface area contributed by atoms with E-state index >= 15 is 0 Å². The summed E-state index contributed by atoms with van der Waals surface area (Å²) in [7, 11) is 0. The highest BCUT2D eigenvalue weighted by atomic mass is 16.5. The fourth-order valence-corrected chi connectivity index (χ4v) is 3.37. The van der Waals surface area contributed by atoms with Gasteiger partial charge in [0.1, 0.15) is 0 Å². The zero-order valence-electron chi connectivity index (χ0n) is 14.6. The summed E-state index contributed by atoms with van der Waals surface area (Å²) in [5.74, 6) is -2.35. The Hall–Kier alpha value is -2.41. The van der Waals surface area contributed by atoms with Crippen molar-refractivity contribution >= 4 is 17.8 Å². The van der Waals surface area contributed by atoms with Crippen molar-refractivity contribution in [2.24, 2.45) is 11.8 Å². The molecule has 2 amide bonds. The highest BCUT2D eigenvalue weighted by Crippen LogP contribution is 2.34. The van der Waals surface area contributed by atoms with Crippen molar-refractivity contribution in [2.45, 2.75) is 38.3 Å². The van der Waals surface area contributed by atoms with Gasteiger partial charge in [0.15, 0.2) is 0 Å². The molecule has 1 aromatic carbocycles. The minimum absolute atomic E-state index is 0.0890. The maximum Gasteiger partial charge on any atom is 0.307 e. The normalized spacial score (nSPS) is 24.5. The first-order chi connectivity index (χ1) is 12.5. The summed E-state index contributed by atoms with van der Waals surface area (Å²) < 4.78 is 5.49. The van der Waals surface area contributed by atoms with Crippen molar-refractivity contribution in [1.82, 2.24) is 10.6 Å². The lowest BCUT2D eigenvalue weighted by molar-refractivity contribution is -0.152. The average molecular weight is 360 g/mol. The van der Waals surface area contributed by atoms with Crippen LogP contribution in [0.5, 0.6) is 0 Å². The minimum Gasteiger partial charge on any atom is -0.481 e. The molecule has 1 aliphatic carbocycles. The molecule has 1 aliphatic heterocycles. The smallest absolute Gasteiger partial charge is 0.307 e. The van der Waals surface area contributed by atoms with Crippen LogP contribution in [0, 0.1) is 11.8 Å². The molecular weight excluding hydrogens is 336 g/mol. The van der Waals surface area contributed by atoms with Crippen molar-refractivity contribution in [1.29, 1.82) is 0 Å². The fourth-order valence-electron chi connectivity index (χ4n) is 3.37. The van der Waals surface area contributed by atoms with Gasteiger partial charge in [-0.1, -0.05) is 12.1 Å². The van der Waals surface area contributed by atoms with E-state index in [2.05, 4.69) is 10.6 Å². The number of hydrogen-bond donors (Lipinski definition) is 3. The predicted octanol–water partition coefficient (Wildman–Crippen LogP) is 1.32. The molecule has 3 unspecified atom stereocenters. The van der Waals surface area contributed by atoms with Crippen molar-refractivity contribution in [2.75, 3.05) is 13.2 Å². The first-order valence-electron chi connectivity index (χ1n) is 9.04. The van der Waals surface area contributed by atoms with Crippen LogP contribution in [-0.4, -0.2) is 42.1 Å². The number of aliphatic carboxylic acids is 1.